The first kappa shape index (κ1) is 15.5. The number of hydrogen-bond donors (Lipinski definition) is 1. The summed E-state index contributed by atoms with van der Waals surface area (Å²) < 4.78 is 7.88. The van der Waals surface area contributed by atoms with Crippen LogP contribution in [0.4, 0.5) is 0 Å². The number of benzene rings is 2. The van der Waals surface area contributed by atoms with Crippen molar-refractivity contribution in [3.8, 4) is 0 Å². The molecule has 0 saturated heterocycles. The number of imidazole rings is 1. The summed E-state index contributed by atoms with van der Waals surface area (Å²) in [5.74, 6) is 0. The average molecular weight is 308 g/mol. The van der Waals surface area contributed by atoms with Crippen LogP contribution in [0.15, 0.2) is 79.4 Å². The van der Waals surface area contributed by atoms with Gasteiger partial charge in [-0.25, -0.2) is 4.98 Å². The number of hydrogen-bond acceptors (Lipinski definition) is 3. The minimum Gasteiger partial charge on any atom is -0.389 e. The van der Waals surface area contributed by atoms with Gasteiger partial charge in [0.25, 0.3) is 0 Å². The average Bonchev–Trinajstić information content (AvgIpc) is 3.10. The van der Waals surface area contributed by atoms with Crippen LogP contribution in [0.2, 0.25) is 0 Å². The molecule has 23 heavy (non-hydrogen) atoms. The smallest absolute Gasteiger partial charge is 0.108 e. The summed E-state index contributed by atoms with van der Waals surface area (Å²) in [4.78, 5) is 3.98. The topological polar surface area (TPSA) is 47.3 Å². The Hall–Kier alpha value is -2.43. The molecule has 0 amide bonds. The molecule has 0 radical (unpaired) electrons. The third-order valence-electron chi connectivity index (χ3n) is 3.64. The van der Waals surface area contributed by atoms with Crippen molar-refractivity contribution in [2.75, 3.05) is 6.61 Å². The second-order valence-corrected chi connectivity index (χ2v) is 5.45. The fraction of sp³-hybridized carbons (Fsp3) is 0.211. The van der Waals surface area contributed by atoms with Crippen molar-refractivity contribution in [3.05, 3.63) is 90.5 Å². The quantitative estimate of drug-likeness (QED) is 0.730. The molecule has 1 aromatic heterocycles. The Kier molecular flexibility index (Phi) is 5.19. The number of aliphatic hydroxyl groups excluding tert-OH is 1. The molecule has 0 saturated carbocycles. The maximum atomic E-state index is 10.2. The molecule has 0 aliphatic carbocycles. The van der Waals surface area contributed by atoms with Gasteiger partial charge in [-0.15, -0.1) is 0 Å². The first-order chi connectivity index (χ1) is 11.3. The molecule has 0 fully saturated rings. The van der Waals surface area contributed by atoms with Crippen molar-refractivity contribution in [1.82, 2.24) is 9.55 Å². The SMILES string of the molecule is OC(COC(c1ccccc1)c1ccccc1)Cn1ccnc1. The summed E-state index contributed by atoms with van der Waals surface area (Å²) in [5, 5.41) is 10.2. The second-order valence-electron chi connectivity index (χ2n) is 5.45. The summed E-state index contributed by atoms with van der Waals surface area (Å²) in [5.41, 5.74) is 2.15. The Balaban J connectivity index is 1.69. The van der Waals surface area contributed by atoms with Gasteiger partial charge in [0.1, 0.15) is 6.10 Å². The van der Waals surface area contributed by atoms with E-state index in [4.69, 9.17) is 4.74 Å². The summed E-state index contributed by atoms with van der Waals surface area (Å²) in [7, 11) is 0. The highest BCUT2D eigenvalue weighted by atomic mass is 16.5. The lowest BCUT2D eigenvalue weighted by Gasteiger charge is -2.21. The van der Waals surface area contributed by atoms with Gasteiger partial charge in [-0.1, -0.05) is 60.7 Å². The van der Waals surface area contributed by atoms with E-state index in [-0.39, 0.29) is 12.7 Å². The molecule has 3 aromatic rings. The molecule has 1 atom stereocenters. The van der Waals surface area contributed by atoms with Crippen molar-refractivity contribution >= 4 is 0 Å². The number of aromatic nitrogens is 2. The predicted octanol–water partition coefficient (Wildman–Crippen LogP) is 3.05. The lowest BCUT2D eigenvalue weighted by Crippen LogP contribution is -2.23. The third-order valence-corrected chi connectivity index (χ3v) is 3.64. The lowest BCUT2D eigenvalue weighted by atomic mass is 10.0. The van der Waals surface area contributed by atoms with Gasteiger partial charge < -0.3 is 14.4 Å². The molecule has 3 rings (SSSR count). The van der Waals surface area contributed by atoms with E-state index < -0.39 is 6.10 Å². The monoisotopic (exact) mass is 308 g/mol. The third kappa shape index (κ3) is 4.28. The van der Waals surface area contributed by atoms with E-state index in [1.807, 2.05) is 71.4 Å². The van der Waals surface area contributed by atoms with E-state index >= 15 is 0 Å². The van der Waals surface area contributed by atoms with Gasteiger partial charge in [-0.2, -0.15) is 0 Å². The molecule has 118 valence electrons. The molecule has 0 aliphatic heterocycles. The Morgan fingerprint density at radius 3 is 2.09 bits per heavy atom. The van der Waals surface area contributed by atoms with Crippen LogP contribution in [0.1, 0.15) is 17.2 Å². The van der Waals surface area contributed by atoms with Crippen LogP contribution in [0, 0.1) is 0 Å². The highest BCUT2D eigenvalue weighted by Crippen LogP contribution is 2.25. The molecule has 2 aromatic carbocycles. The maximum Gasteiger partial charge on any atom is 0.108 e. The number of ether oxygens (including phenoxy) is 1. The molecule has 1 unspecified atom stereocenters. The van der Waals surface area contributed by atoms with Gasteiger partial charge in [0.05, 0.1) is 25.6 Å². The maximum absolute atomic E-state index is 10.2. The second kappa shape index (κ2) is 7.72. The minimum atomic E-state index is -0.584. The van der Waals surface area contributed by atoms with Crippen molar-refractivity contribution in [2.45, 2.75) is 18.8 Å². The summed E-state index contributed by atoms with van der Waals surface area (Å²) in [6.07, 6.45) is 4.45. The molecular weight excluding hydrogens is 288 g/mol. The van der Waals surface area contributed by atoms with Crippen molar-refractivity contribution in [1.29, 1.82) is 0 Å². The van der Waals surface area contributed by atoms with Gasteiger partial charge in [0.15, 0.2) is 0 Å². The first-order valence-corrected chi connectivity index (χ1v) is 7.68. The zero-order chi connectivity index (χ0) is 15.9. The molecule has 0 spiro atoms. The Morgan fingerprint density at radius 1 is 0.957 bits per heavy atom. The van der Waals surface area contributed by atoms with Crippen molar-refractivity contribution in [3.63, 3.8) is 0 Å². The normalized spacial score (nSPS) is 12.4. The fourth-order valence-corrected chi connectivity index (χ4v) is 2.54. The van der Waals surface area contributed by atoms with Crippen LogP contribution in [0.5, 0.6) is 0 Å². The van der Waals surface area contributed by atoms with Gasteiger partial charge in [0.2, 0.25) is 0 Å². The van der Waals surface area contributed by atoms with Crippen molar-refractivity contribution in [2.24, 2.45) is 0 Å². The molecular formula is C19H20N2O2. The first-order valence-electron chi connectivity index (χ1n) is 7.68. The van der Waals surface area contributed by atoms with Gasteiger partial charge in [-0.3, -0.25) is 0 Å². The van der Waals surface area contributed by atoms with Crippen molar-refractivity contribution < 1.29 is 9.84 Å². The molecule has 1 N–H and O–H groups in total. The highest BCUT2D eigenvalue weighted by molar-refractivity contribution is 5.29. The molecule has 1 heterocycles. The van der Waals surface area contributed by atoms with E-state index in [2.05, 4.69) is 4.98 Å². The zero-order valence-electron chi connectivity index (χ0n) is 12.8. The van der Waals surface area contributed by atoms with Crippen LogP contribution in [-0.2, 0) is 11.3 Å². The Bertz CT molecular complexity index is 644. The van der Waals surface area contributed by atoms with Crippen LogP contribution in [0.3, 0.4) is 0 Å². The molecule has 4 heteroatoms. The largest absolute Gasteiger partial charge is 0.389 e. The fourth-order valence-electron chi connectivity index (χ4n) is 2.54. The van der Waals surface area contributed by atoms with Crippen LogP contribution in [0.25, 0.3) is 0 Å². The number of nitrogens with zero attached hydrogens (tertiary/aromatic N) is 2. The van der Waals surface area contributed by atoms with Gasteiger partial charge in [0, 0.05) is 12.4 Å². The van der Waals surface area contributed by atoms with E-state index in [0.29, 0.717) is 6.54 Å². The number of rotatable bonds is 7. The molecule has 0 bridgehead atoms. The number of aliphatic hydroxyl groups is 1. The summed E-state index contributed by atoms with van der Waals surface area (Å²) >= 11 is 0. The van der Waals surface area contributed by atoms with Gasteiger partial charge >= 0.3 is 0 Å². The van der Waals surface area contributed by atoms with E-state index in [0.717, 1.165) is 11.1 Å². The van der Waals surface area contributed by atoms with E-state index in [1.165, 1.54) is 0 Å². The van der Waals surface area contributed by atoms with Crippen LogP contribution < -0.4 is 0 Å². The van der Waals surface area contributed by atoms with Gasteiger partial charge in [-0.05, 0) is 11.1 Å². The minimum absolute atomic E-state index is 0.185. The summed E-state index contributed by atoms with van der Waals surface area (Å²) in [6, 6.07) is 20.1. The van der Waals surface area contributed by atoms with Crippen LogP contribution in [-0.4, -0.2) is 27.4 Å². The Labute approximate surface area is 136 Å². The zero-order valence-corrected chi connectivity index (χ0v) is 12.8. The Morgan fingerprint density at radius 2 is 1.57 bits per heavy atom. The van der Waals surface area contributed by atoms with Crippen LogP contribution >= 0.6 is 0 Å². The summed E-state index contributed by atoms with van der Waals surface area (Å²) in [6.45, 7) is 0.725. The molecule has 4 nitrogen and oxygen atoms in total. The predicted molar refractivity (Wildman–Crippen MR) is 88.9 cm³/mol. The standard InChI is InChI=1S/C19H20N2O2/c22-18(13-21-12-11-20-15-21)14-23-19(16-7-3-1-4-8-16)17-9-5-2-6-10-17/h1-12,15,18-19,22H,13-14H2. The van der Waals surface area contributed by atoms with E-state index in [1.54, 1.807) is 12.5 Å². The molecule has 0 aliphatic rings. The van der Waals surface area contributed by atoms with E-state index in [9.17, 15) is 5.11 Å². The lowest BCUT2D eigenvalue weighted by molar-refractivity contribution is -0.000576. The highest BCUT2D eigenvalue weighted by Gasteiger charge is 2.16.